The number of piperazine rings is 1. The third-order valence-corrected chi connectivity index (χ3v) is 8.84. The fraction of sp³-hybridized carbons (Fsp3) is 0.464. The summed E-state index contributed by atoms with van der Waals surface area (Å²) < 4.78 is 93.5. The summed E-state index contributed by atoms with van der Waals surface area (Å²) in [5, 5.41) is 21.3. The van der Waals surface area contributed by atoms with E-state index in [4.69, 9.17) is 5.73 Å². The van der Waals surface area contributed by atoms with Gasteiger partial charge in [0.05, 0.1) is 4.90 Å². The van der Waals surface area contributed by atoms with Gasteiger partial charge in [-0.3, -0.25) is 9.59 Å². The Morgan fingerprint density at radius 1 is 1.04 bits per heavy atom. The molecule has 1 aromatic heterocycles. The lowest BCUT2D eigenvalue weighted by Crippen LogP contribution is -2.59. The van der Waals surface area contributed by atoms with E-state index in [-0.39, 0.29) is 44.1 Å². The molecule has 0 unspecified atom stereocenters. The van der Waals surface area contributed by atoms with Crippen molar-refractivity contribution in [2.24, 2.45) is 0 Å². The van der Waals surface area contributed by atoms with Crippen molar-refractivity contribution in [2.45, 2.75) is 69.4 Å². The molecule has 1 fully saturated rings. The molecule has 0 aliphatic carbocycles. The number of carboxylic acid groups (broad SMARTS) is 1. The highest BCUT2D eigenvalue weighted by molar-refractivity contribution is 7.89. The average molecular weight is 691 g/mol. The number of nitrogens with zero attached hydrogens (tertiary/aromatic N) is 6. The zero-order chi connectivity index (χ0) is 35.2. The summed E-state index contributed by atoms with van der Waals surface area (Å²) in [7, 11) is -4.39. The number of hydrogen-bond acceptors (Lipinski definition) is 8. The van der Waals surface area contributed by atoms with Gasteiger partial charge < -0.3 is 20.5 Å². The zero-order valence-electron chi connectivity index (χ0n) is 25.5. The van der Waals surface area contributed by atoms with Crippen molar-refractivity contribution in [3.63, 3.8) is 0 Å². The molecule has 3 aromatic rings. The Labute approximate surface area is 267 Å². The SMILES string of the molecule is CC(C)c1nnn(CC(=O)N2CCN(S(=O)(=O)c3ccc(OC(F)(F)F)cc3)[C@@H](C(=O)O)C2)n1.CCC(F)(F)c1ccc(C[NH-])cc1. The maximum absolute atomic E-state index is 13.1. The van der Waals surface area contributed by atoms with Crippen LogP contribution in [0.5, 0.6) is 5.75 Å². The molecule has 2 N–H and O–H groups in total. The number of carbonyl (C=O) groups is 2. The van der Waals surface area contributed by atoms with Crippen LogP contribution in [0.15, 0.2) is 53.4 Å². The number of sulfonamides is 1. The Kier molecular flexibility index (Phi) is 12.0. The van der Waals surface area contributed by atoms with Crippen LogP contribution in [0.4, 0.5) is 22.0 Å². The Bertz CT molecular complexity index is 1620. The number of halogens is 5. The molecule has 13 nitrogen and oxygen atoms in total. The van der Waals surface area contributed by atoms with Crippen LogP contribution >= 0.6 is 0 Å². The third kappa shape index (κ3) is 9.88. The molecule has 1 saturated heterocycles. The summed E-state index contributed by atoms with van der Waals surface area (Å²) in [6, 6.07) is 7.73. The van der Waals surface area contributed by atoms with Gasteiger partial charge in [0.15, 0.2) is 5.82 Å². The van der Waals surface area contributed by atoms with Crippen LogP contribution < -0.4 is 4.74 Å². The Morgan fingerprint density at radius 2 is 1.66 bits per heavy atom. The molecule has 1 aliphatic rings. The number of hydrogen-bond donors (Lipinski definition) is 1. The van der Waals surface area contributed by atoms with Gasteiger partial charge in [-0.1, -0.05) is 50.6 Å². The van der Waals surface area contributed by atoms with E-state index in [0.29, 0.717) is 10.1 Å². The molecule has 4 rings (SSSR count). The topological polar surface area (TPSA) is 172 Å². The first-order valence-electron chi connectivity index (χ1n) is 14.2. The van der Waals surface area contributed by atoms with Crippen molar-refractivity contribution in [2.75, 3.05) is 19.6 Å². The smallest absolute Gasteiger partial charge is 0.573 e. The molecule has 2 heterocycles. The highest BCUT2D eigenvalue weighted by Gasteiger charge is 2.41. The summed E-state index contributed by atoms with van der Waals surface area (Å²) in [6.07, 6.45) is -5.14. The second kappa shape index (κ2) is 15.1. The lowest BCUT2D eigenvalue weighted by molar-refractivity contribution is -0.274. The van der Waals surface area contributed by atoms with Gasteiger partial charge in [-0.25, -0.2) is 17.2 Å². The van der Waals surface area contributed by atoms with Gasteiger partial charge in [0.1, 0.15) is 18.3 Å². The molecule has 0 bridgehead atoms. The van der Waals surface area contributed by atoms with E-state index in [0.717, 1.165) is 34.6 Å². The molecule has 1 aliphatic heterocycles. The molecule has 258 valence electrons. The van der Waals surface area contributed by atoms with Crippen LogP contribution in [0.2, 0.25) is 0 Å². The molecule has 0 radical (unpaired) electrons. The van der Waals surface area contributed by atoms with Crippen LogP contribution in [-0.2, 0) is 38.6 Å². The Morgan fingerprint density at radius 3 is 2.15 bits per heavy atom. The van der Waals surface area contributed by atoms with Gasteiger partial charge >= 0.3 is 12.3 Å². The number of alkyl halides is 5. The number of nitrogens with one attached hydrogen (secondary N) is 1. The highest BCUT2D eigenvalue weighted by atomic mass is 32.2. The number of aliphatic carboxylic acids is 1. The fourth-order valence-corrected chi connectivity index (χ4v) is 5.84. The second-order valence-corrected chi connectivity index (χ2v) is 12.5. The predicted octanol–water partition coefficient (Wildman–Crippen LogP) is 4.42. The monoisotopic (exact) mass is 690 g/mol. The van der Waals surface area contributed by atoms with Gasteiger partial charge in [-0.2, -0.15) is 9.10 Å². The number of amides is 1. The molecular weight excluding hydrogens is 657 g/mol. The lowest BCUT2D eigenvalue weighted by Gasteiger charge is -2.38. The van der Waals surface area contributed by atoms with E-state index in [1.165, 1.54) is 24.0 Å². The van der Waals surface area contributed by atoms with Crippen LogP contribution in [0, 0.1) is 0 Å². The first-order valence-corrected chi connectivity index (χ1v) is 15.6. The number of carbonyl (C=O) groups excluding carboxylic acids is 1. The van der Waals surface area contributed by atoms with Crippen LogP contribution in [-0.4, -0.2) is 86.9 Å². The van der Waals surface area contributed by atoms with E-state index >= 15 is 0 Å². The normalized spacial score (nSPS) is 16.0. The molecule has 2 aromatic carbocycles. The van der Waals surface area contributed by atoms with E-state index in [2.05, 4.69) is 20.1 Å². The zero-order valence-corrected chi connectivity index (χ0v) is 26.3. The summed E-state index contributed by atoms with van der Waals surface area (Å²) >= 11 is 0. The lowest BCUT2D eigenvalue weighted by atomic mass is 10.0. The van der Waals surface area contributed by atoms with Crippen LogP contribution in [0.1, 0.15) is 50.1 Å². The largest absolute Gasteiger partial charge is 0.674 e. The number of aromatic nitrogens is 4. The maximum atomic E-state index is 13.1. The minimum Gasteiger partial charge on any atom is -0.674 e. The van der Waals surface area contributed by atoms with Crippen molar-refractivity contribution in [3.8, 4) is 5.75 Å². The van der Waals surface area contributed by atoms with Crippen LogP contribution in [0.3, 0.4) is 0 Å². The molecule has 1 atom stereocenters. The van der Waals surface area contributed by atoms with E-state index in [1.807, 2.05) is 13.8 Å². The number of rotatable bonds is 10. The van der Waals surface area contributed by atoms with Crippen LogP contribution in [0.25, 0.3) is 5.73 Å². The molecule has 1 amide bonds. The molecular formula is C28H33F5N7O6S-. The van der Waals surface area contributed by atoms with Crippen molar-refractivity contribution in [1.29, 1.82) is 0 Å². The maximum Gasteiger partial charge on any atom is 0.573 e. The van der Waals surface area contributed by atoms with Crippen molar-refractivity contribution < 1.29 is 49.8 Å². The number of tetrazole rings is 1. The standard InChI is InChI=1S/C18H21F3N6O6S.C10H12F2N/c1-11(2)16-22-24-27(23-16)10-15(28)25-7-8-26(14(9-25)17(29)30)34(31,32)13-5-3-12(4-6-13)33-18(19,20)21;1-2-10(11,12)9-5-3-8(7-13)4-6-9/h3-6,11,14H,7-10H2,1-2H3,(H,29,30);3-6,13H,2,7H2,1H3/q;-1/t14-;/m1./s1. The van der Waals surface area contributed by atoms with E-state index in [1.54, 1.807) is 12.1 Å². The first-order chi connectivity index (χ1) is 21.9. The molecule has 0 saturated carbocycles. The summed E-state index contributed by atoms with van der Waals surface area (Å²) in [5.74, 6) is -4.95. The van der Waals surface area contributed by atoms with Gasteiger partial charge in [0.2, 0.25) is 15.9 Å². The van der Waals surface area contributed by atoms with Gasteiger partial charge in [0, 0.05) is 37.5 Å². The first kappa shape index (κ1) is 37.2. The Balaban J connectivity index is 0.000000386. The minimum atomic E-state index is -4.95. The molecule has 0 spiro atoms. The summed E-state index contributed by atoms with van der Waals surface area (Å²) in [4.78, 5) is 26.3. The number of carboxylic acids is 1. The quantitative estimate of drug-likeness (QED) is 0.302. The molecule has 47 heavy (non-hydrogen) atoms. The van der Waals surface area contributed by atoms with E-state index < -0.39 is 57.4 Å². The summed E-state index contributed by atoms with van der Waals surface area (Å²) in [6.45, 7) is 4.09. The second-order valence-electron chi connectivity index (χ2n) is 10.6. The Hall–Kier alpha value is -4.23. The van der Waals surface area contributed by atoms with Gasteiger partial charge in [-0.15, -0.1) is 29.9 Å². The van der Waals surface area contributed by atoms with Gasteiger partial charge in [0.25, 0.3) is 5.92 Å². The fourth-order valence-electron chi connectivity index (χ4n) is 4.28. The van der Waals surface area contributed by atoms with Gasteiger partial charge in [-0.05, 0) is 29.5 Å². The minimum absolute atomic E-state index is 0.0110. The average Bonchev–Trinajstić information content (AvgIpc) is 3.49. The number of benzene rings is 2. The molecule has 19 heteroatoms. The summed E-state index contributed by atoms with van der Waals surface area (Å²) in [5.41, 5.74) is 7.82. The highest BCUT2D eigenvalue weighted by Crippen LogP contribution is 2.31. The number of ether oxygens (including phenoxy) is 1. The van der Waals surface area contributed by atoms with Crippen molar-refractivity contribution in [1.82, 2.24) is 29.4 Å². The predicted molar refractivity (Wildman–Crippen MR) is 156 cm³/mol. The third-order valence-electron chi connectivity index (χ3n) is 6.92. The van der Waals surface area contributed by atoms with Crippen molar-refractivity contribution in [3.05, 3.63) is 71.2 Å². The van der Waals surface area contributed by atoms with E-state index in [9.17, 15) is 45.1 Å². The van der Waals surface area contributed by atoms with Crippen molar-refractivity contribution >= 4 is 21.9 Å².